The number of hydroxylamine groups is 2. The maximum atomic E-state index is 13.3. The van der Waals surface area contributed by atoms with Crippen LogP contribution in [0.25, 0.3) is 0 Å². The van der Waals surface area contributed by atoms with Crippen LogP contribution in [0.2, 0.25) is 0 Å². The lowest BCUT2D eigenvalue weighted by Crippen LogP contribution is -2.54. The normalized spacial score (nSPS) is 20.4. The lowest BCUT2D eigenvalue weighted by Gasteiger charge is -2.29. The van der Waals surface area contributed by atoms with Crippen LogP contribution in [-0.2, 0) is 25.5 Å². The van der Waals surface area contributed by atoms with Crippen LogP contribution in [0.1, 0.15) is 46.0 Å². The smallest absolute Gasteiger partial charge is 0.359 e. The summed E-state index contributed by atoms with van der Waals surface area (Å²) < 4.78 is 14.3. The highest BCUT2D eigenvalue weighted by molar-refractivity contribution is 9.10. The SMILES string of the molecule is COC(=O)c1c(O)cccc1OCCCCNC(=O)[C@H](Cc1ccc(C2CC(=O)[N+]([O-])(O)S2)c(Br)c1)NC(=O)N1CCOCC1. The van der Waals surface area contributed by atoms with Gasteiger partial charge >= 0.3 is 17.9 Å². The zero-order chi connectivity index (χ0) is 32.6. The Hall–Kier alpha value is -3.41. The monoisotopic (exact) mass is 710 g/mol. The average molecular weight is 712 g/mol. The fraction of sp³-hybridized carbons (Fsp3) is 0.448. The number of hydrogen-bond acceptors (Lipinski definition) is 11. The van der Waals surface area contributed by atoms with Crippen LogP contribution < -0.4 is 15.4 Å². The zero-order valence-electron chi connectivity index (χ0n) is 24.5. The molecule has 14 nitrogen and oxygen atoms in total. The summed E-state index contributed by atoms with van der Waals surface area (Å²) in [7, 11) is 1.21. The van der Waals surface area contributed by atoms with Gasteiger partial charge in [-0.05, 0) is 42.2 Å². The number of phenols is 1. The van der Waals surface area contributed by atoms with Gasteiger partial charge in [-0.15, -0.1) is 0 Å². The van der Waals surface area contributed by atoms with Crippen LogP contribution in [0.15, 0.2) is 40.9 Å². The first-order valence-electron chi connectivity index (χ1n) is 14.3. The van der Waals surface area contributed by atoms with E-state index in [4.69, 9.17) is 14.2 Å². The van der Waals surface area contributed by atoms with Crippen molar-refractivity contribution >= 4 is 51.7 Å². The fourth-order valence-electron chi connectivity index (χ4n) is 4.81. The van der Waals surface area contributed by atoms with Gasteiger partial charge in [0.05, 0.1) is 33.4 Å². The molecule has 2 unspecified atom stereocenters. The van der Waals surface area contributed by atoms with Gasteiger partial charge in [0.15, 0.2) is 0 Å². The number of carbonyl (C=O) groups excluding carboxylic acids is 4. The summed E-state index contributed by atoms with van der Waals surface area (Å²) in [6.45, 7) is 2.13. The molecule has 2 fully saturated rings. The molecule has 2 aromatic rings. The molecule has 4 N–H and O–H groups in total. The minimum atomic E-state index is -1.98. The quantitative estimate of drug-likeness (QED) is 0.0633. The van der Waals surface area contributed by atoms with Gasteiger partial charge in [0.1, 0.15) is 40.3 Å². The molecule has 0 aromatic heterocycles. The van der Waals surface area contributed by atoms with E-state index in [-0.39, 0.29) is 48.4 Å². The minimum absolute atomic E-state index is 0.0617. The Balaban J connectivity index is 1.34. The molecule has 0 aliphatic carbocycles. The van der Waals surface area contributed by atoms with Crippen molar-refractivity contribution in [2.75, 3.05) is 46.6 Å². The third-order valence-electron chi connectivity index (χ3n) is 7.23. The van der Waals surface area contributed by atoms with E-state index in [9.17, 15) is 34.7 Å². The van der Waals surface area contributed by atoms with Crippen molar-refractivity contribution < 1.29 is 47.9 Å². The number of urea groups is 1. The van der Waals surface area contributed by atoms with Crippen LogP contribution in [0.3, 0.4) is 0 Å². The number of methoxy groups -OCH3 is 1. The molecule has 0 bridgehead atoms. The van der Waals surface area contributed by atoms with E-state index in [1.807, 2.05) is 0 Å². The number of hydrogen-bond donors (Lipinski definition) is 4. The van der Waals surface area contributed by atoms with Crippen molar-refractivity contribution in [3.8, 4) is 11.5 Å². The van der Waals surface area contributed by atoms with E-state index in [1.165, 1.54) is 13.2 Å². The lowest BCUT2D eigenvalue weighted by atomic mass is 10.0. The number of ether oxygens (including phenoxy) is 3. The first-order chi connectivity index (χ1) is 21.5. The molecule has 45 heavy (non-hydrogen) atoms. The highest BCUT2D eigenvalue weighted by Crippen LogP contribution is 2.47. The number of nitrogens with zero attached hydrogens (tertiary/aromatic N) is 2. The number of nitrogens with one attached hydrogen (secondary N) is 2. The van der Waals surface area contributed by atoms with E-state index in [0.717, 1.165) is 5.56 Å². The molecule has 2 saturated heterocycles. The Labute approximate surface area is 272 Å². The molecule has 2 aromatic carbocycles. The molecule has 2 aliphatic rings. The Bertz CT molecular complexity index is 1410. The summed E-state index contributed by atoms with van der Waals surface area (Å²) in [4.78, 5) is 51.6. The second-order valence-electron chi connectivity index (χ2n) is 10.4. The largest absolute Gasteiger partial charge is 0.579 e. The molecule has 2 heterocycles. The zero-order valence-corrected chi connectivity index (χ0v) is 26.9. The molecule has 3 atom stereocenters. The van der Waals surface area contributed by atoms with Crippen molar-refractivity contribution in [2.24, 2.45) is 0 Å². The predicted octanol–water partition coefficient (Wildman–Crippen LogP) is 3.19. The standard InChI is InChI=1S/C29H35BrN4O10S/c1-42-28(38)26-22(35)5-4-6-23(26)44-12-3-2-9-31-27(37)21(32-29(39)33-10-13-43-14-11-33)16-18-7-8-19(20(30)15-18)24-17-25(36)34(40,41)45-24/h4-8,15,21,24,35,40H,2-3,9-14,16-17H2,1H3,(H,31,37)(H,32,39)/t21-,24?/m0/s1. The van der Waals surface area contributed by atoms with Gasteiger partial charge in [0.2, 0.25) is 5.91 Å². The highest BCUT2D eigenvalue weighted by Gasteiger charge is 2.44. The van der Waals surface area contributed by atoms with Gasteiger partial charge in [-0.25, -0.2) is 14.4 Å². The second kappa shape index (κ2) is 15.7. The molecular weight excluding hydrogens is 676 g/mol. The van der Waals surface area contributed by atoms with Gasteiger partial charge < -0.3 is 40.1 Å². The number of amides is 4. The topological polar surface area (TPSA) is 187 Å². The lowest BCUT2D eigenvalue weighted by molar-refractivity contribution is -0.880. The van der Waals surface area contributed by atoms with Gasteiger partial charge in [0, 0.05) is 30.5 Å². The summed E-state index contributed by atoms with van der Waals surface area (Å²) in [6.07, 6.45) is 1.10. The Kier molecular flexibility index (Phi) is 12.0. The van der Waals surface area contributed by atoms with Gasteiger partial charge in [-0.3, -0.25) is 4.79 Å². The second-order valence-corrected chi connectivity index (χ2v) is 12.5. The molecule has 0 saturated carbocycles. The number of benzene rings is 2. The Morgan fingerprint density at radius 2 is 1.98 bits per heavy atom. The molecule has 16 heteroatoms. The Morgan fingerprint density at radius 3 is 2.64 bits per heavy atom. The third-order valence-corrected chi connectivity index (χ3v) is 9.08. The Morgan fingerprint density at radius 1 is 1.22 bits per heavy atom. The van der Waals surface area contributed by atoms with Crippen LogP contribution in [0, 0.1) is 5.21 Å². The molecule has 4 rings (SSSR count). The number of carbonyl (C=O) groups is 4. The van der Waals surface area contributed by atoms with Crippen molar-refractivity contribution in [3.05, 3.63) is 62.8 Å². The number of halogens is 1. The summed E-state index contributed by atoms with van der Waals surface area (Å²) in [6, 6.07) is 8.41. The molecule has 244 valence electrons. The van der Waals surface area contributed by atoms with E-state index >= 15 is 0 Å². The van der Waals surface area contributed by atoms with Crippen molar-refractivity contribution in [1.82, 2.24) is 15.5 Å². The van der Waals surface area contributed by atoms with Crippen LogP contribution in [0.4, 0.5) is 4.79 Å². The number of unbranched alkanes of at least 4 members (excludes halogenated alkanes) is 1. The van der Waals surface area contributed by atoms with E-state index in [0.29, 0.717) is 67.7 Å². The molecular formula is C29H35BrN4O10S. The van der Waals surface area contributed by atoms with Crippen molar-refractivity contribution in [3.63, 3.8) is 0 Å². The van der Waals surface area contributed by atoms with Gasteiger partial charge in [-0.1, -0.05) is 38.3 Å². The van der Waals surface area contributed by atoms with Crippen LogP contribution >= 0.6 is 27.9 Å². The molecule has 0 radical (unpaired) electrons. The first kappa shape index (κ1) is 34.5. The first-order valence-corrected chi connectivity index (χ1v) is 15.9. The number of esters is 1. The number of quaternary nitrogens is 1. The van der Waals surface area contributed by atoms with Crippen LogP contribution in [-0.4, -0.2) is 95.8 Å². The maximum Gasteiger partial charge on any atom is 0.359 e. The number of aromatic hydroxyl groups is 1. The maximum absolute atomic E-state index is 13.3. The third kappa shape index (κ3) is 9.08. The number of morpholine rings is 1. The number of rotatable bonds is 12. The van der Waals surface area contributed by atoms with Crippen LogP contribution in [0.5, 0.6) is 11.5 Å². The van der Waals surface area contributed by atoms with E-state index < -0.39 is 27.4 Å². The average Bonchev–Trinajstić information content (AvgIpc) is 3.29. The summed E-state index contributed by atoms with van der Waals surface area (Å²) in [5.41, 5.74) is 1.32. The van der Waals surface area contributed by atoms with Gasteiger partial charge in [0.25, 0.3) is 0 Å². The summed E-state index contributed by atoms with van der Waals surface area (Å²) in [5, 5.41) is 36.7. The molecule has 4 amide bonds. The molecule has 2 aliphatic heterocycles. The highest BCUT2D eigenvalue weighted by atomic mass is 79.9. The summed E-state index contributed by atoms with van der Waals surface area (Å²) >= 11 is 4.07. The fourth-order valence-corrected chi connectivity index (χ4v) is 6.74. The van der Waals surface area contributed by atoms with Crippen molar-refractivity contribution in [1.29, 1.82) is 0 Å². The van der Waals surface area contributed by atoms with Crippen molar-refractivity contribution in [2.45, 2.75) is 37.0 Å². The number of phenolic OH excluding ortho intramolecular Hbond substituents is 1. The predicted molar refractivity (Wildman–Crippen MR) is 165 cm³/mol. The summed E-state index contributed by atoms with van der Waals surface area (Å²) in [5.74, 6) is -2.00. The minimum Gasteiger partial charge on any atom is -0.579 e. The molecule has 0 spiro atoms. The van der Waals surface area contributed by atoms with E-state index in [1.54, 1.807) is 35.2 Å². The van der Waals surface area contributed by atoms with Gasteiger partial charge in [-0.2, -0.15) is 5.21 Å². The van der Waals surface area contributed by atoms with E-state index in [2.05, 4.69) is 26.6 Å².